The van der Waals surface area contributed by atoms with Crippen molar-refractivity contribution in [3.05, 3.63) is 29.8 Å². The van der Waals surface area contributed by atoms with Crippen LogP contribution in [0.5, 0.6) is 5.75 Å². The Morgan fingerprint density at radius 2 is 2.10 bits per heavy atom. The van der Waals surface area contributed by atoms with E-state index in [4.69, 9.17) is 4.74 Å². The van der Waals surface area contributed by atoms with Crippen molar-refractivity contribution < 1.29 is 4.74 Å². The number of ether oxygens (including phenoxy) is 1. The molecule has 0 aliphatic heterocycles. The molecule has 3 heteroatoms. The Morgan fingerprint density at radius 3 is 2.81 bits per heavy atom. The number of likely N-dealkylation sites (N-methyl/N-ethyl adjacent to an activating group) is 1. The van der Waals surface area contributed by atoms with Gasteiger partial charge in [-0.25, -0.2) is 0 Å². The van der Waals surface area contributed by atoms with Crippen molar-refractivity contribution >= 4 is 0 Å². The molecule has 0 radical (unpaired) electrons. The van der Waals surface area contributed by atoms with Gasteiger partial charge < -0.3 is 15.0 Å². The van der Waals surface area contributed by atoms with E-state index in [1.165, 1.54) is 31.2 Å². The number of nitrogens with one attached hydrogen (secondary N) is 1. The summed E-state index contributed by atoms with van der Waals surface area (Å²) in [4.78, 5) is 2.43. The monoisotopic (exact) mass is 288 g/mol. The second-order valence-corrected chi connectivity index (χ2v) is 6.71. The molecule has 3 rings (SSSR count). The minimum Gasteiger partial charge on any atom is -0.492 e. The van der Waals surface area contributed by atoms with Gasteiger partial charge in [0.15, 0.2) is 0 Å². The fourth-order valence-electron chi connectivity index (χ4n) is 2.74. The van der Waals surface area contributed by atoms with Gasteiger partial charge in [-0.1, -0.05) is 12.1 Å². The Labute approximate surface area is 128 Å². The summed E-state index contributed by atoms with van der Waals surface area (Å²) in [5.74, 6) is 1.92. The average Bonchev–Trinajstić information content (AvgIpc) is 3.38. The molecular formula is C18H28N2O. The van der Waals surface area contributed by atoms with E-state index in [0.717, 1.165) is 37.4 Å². The summed E-state index contributed by atoms with van der Waals surface area (Å²) in [6.45, 7) is 5.07. The third-order valence-corrected chi connectivity index (χ3v) is 4.78. The average molecular weight is 288 g/mol. The molecule has 0 aromatic heterocycles. The van der Waals surface area contributed by atoms with Gasteiger partial charge in [0, 0.05) is 25.2 Å². The van der Waals surface area contributed by atoms with E-state index in [2.05, 4.69) is 48.5 Å². The Balaban J connectivity index is 1.40. The van der Waals surface area contributed by atoms with Crippen molar-refractivity contribution in [1.29, 1.82) is 0 Å². The highest BCUT2D eigenvalue weighted by atomic mass is 16.5. The van der Waals surface area contributed by atoms with E-state index >= 15 is 0 Å². The lowest BCUT2D eigenvalue weighted by Crippen LogP contribution is -2.34. The molecular weight excluding hydrogens is 260 g/mol. The summed E-state index contributed by atoms with van der Waals surface area (Å²) < 4.78 is 5.92. The van der Waals surface area contributed by atoms with E-state index in [-0.39, 0.29) is 0 Å². The van der Waals surface area contributed by atoms with Crippen LogP contribution in [0.1, 0.15) is 38.2 Å². The molecule has 2 saturated carbocycles. The molecule has 1 N–H and O–H groups in total. The molecule has 0 amide bonds. The van der Waals surface area contributed by atoms with Gasteiger partial charge in [0.2, 0.25) is 0 Å². The minimum atomic E-state index is 0.697. The van der Waals surface area contributed by atoms with Gasteiger partial charge in [-0.15, -0.1) is 0 Å². The van der Waals surface area contributed by atoms with E-state index in [9.17, 15) is 0 Å². The van der Waals surface area contributed by atoms with Crippen LogP contribution in [0.4, 0.5) is 0 Å². The Hall–Kier alpha value is -1.06. The molecule has 1 aromatic carbocycles. The fraction of sp³-hybridized carbons (Fsp3) is 0.667. The minimum absolute atomic E-state index is 0.697. The molecule has 21 heavy (non-hydrogen) atoms. The first kappa shape index (κ1) is 14.9. The standard InChI is InChI=1S/C18H28N2O/c1-14(16-6-7-16)20(2)10-11-21-18-5-3-4-15(12-18)13-19-17-8-9-17/h3-5,12,14,16-17,19H,6-11,13H2,1-2H3. The SMILES string of the molecule is CC(C1CC1)N(C)CCOc1cccc(CNC2CC2)c1. The van der Waals surface area contributed by atoms with Gasteiger partial charge in [-0.3, -0.25) is 0 Å². The molecule has 3 nitrogen and oxygen atoms in total. The highest BCUT2D eigenvalue weighted by Gasteiger charge is 2.30. The molecule has 2 aliphatic rings. The van der Waals surface area contributed by atoms with Crippen molar-refractivity contribution in [2.24, 2.45) is 5.92 Å². The van der Waals surface area contributed by atoms with E-state index < -0.39 is 0 Å². The van der Waals surface area contributed by atoms with Crippen LogP contribution in [-0.2, 0) is 6.54 Å². The lowest BCUT2D eigenvalue weighted by atomic mass is 10.2. The zero-order valence-electron chi connectivity index (χ0n) is 13.3. The number of rotatable bonds is 9. The second-order valence-electron chi connectivity index (χ2n) is 6.71. The van der Waals surface area contributed by atoms with Crippen molar-refractivity contribution in [3.8, 4) is 5.75 Å². The van der Waals surface area contributed by atoms with Crippen LogP contribution >= 0.6 is 0 Å². The molecule has 1 unspecified atom stereocenters. The highest BCUT2D eigenvalue weighted by molar-refractivity contribution is 5.28. The lowest BCUT2D eigenvalue weighted by Gasteiger charge is -2.24. The van der Waals surface area contributed by atoms with Crippen LogP contribution in [0.3, 0.4) is 0 Å². The van der Waals surface area contributed by atoms with E-state index in [1.54, 1.807) is 0 Å². The van der Waals surface area contributed by atoms with Crippen LogP contribution < -0.4 is 10.1 Å². The molecule has 1 aromatic rings. The first-order valence-electron chi connectivity index (χ1n) is 8.38. The first-order chi connectivity index (χ1) is 10.2. The Morgan fingerprint density at radius 1 is 1.29 bits per heavy atom. The van der Waals surface area contributed by atoms with Crippen molar-refractivity contribution in [2.75, 3.05) is 20.2 Å². The number of hydrogen-bond acceptors (Lipinski definition) is 3. The van der Waals surface area contributed by atoms with Gasteiger partial charge in [0.1, 0.15) is 12.4 Å². The maximum atomic E-state index is 5.92. The molecule has 0 saturated heterocycles. The van der Waals surface area contributed by atoms with Crippen LogP contribution in [0.15, 0.2) is 24.3 Å². The maximum absolute atomic E-state index is 5.92. The topological polar surface area (TPSA) is 24.5 Å². The van der Waals surface area contributed by atoms with Crippen molar-refractivity contribution in [3.63, 3.8) is 0 Å². The van der Waals surface area contributed by atoms with Crippen LogP contribution in [0.25, 0.3) is 0 Å². The largest absolute Gasteiger partial charge is 0.492 e. The molecule has 1 atom stereocenters. The molecule has 0 heterocycles. The van der Waals surface area contributed by atoms with Crippen molar-refractivity contribution in [1.82, 2.24) is 10.2 Å². The fourth-order valence-corrected chi connectivity index (χ4v) is 2.74. The summed E-state index contributed by atoms with van der Waals surface area (Å²) in [6, 6.07) is 9.94. The van der Waals surface area contributed by atoms with Gasteiger partial charge in [0.25, 0.3) is 0 Å². The highest BCUT2D eigenvalue weighted by Crippen LogP contribution is 2.34. The number of nitrogens with zero attached hydrogens (tertiary/aromatic N) is 1. The summed E-state index contributed by atoms with van der Waals surface area (Å²) in [5, 5.41) is 3.54. The maximum Gasteiger partial charge on any atom is 0.119 e. The first-order valence-corrected chi connectivity index (χ1v) is 8.38. The predicted octanol–water partition coefficient (Wildman–Crippen LogP) is 3.05. The Kier molecular flexibility index (Phi) is 4.81. The lowest BCUT2D eigenvalue weighted by molar-refractivity contribution is 0.186. The number of hydrogen-bond donors (Lipinski definition) is 1. The van der Waals surface area contributed by atoms with Gasteiger partial charge in [-0.2, -0.15) is 0 Å². The van der Waals surface area contributed by atoms with Crippen LogP contribution in [0, 0.1) is 5.92 Å². The van der Waals surface area contributed by atoms with E-state index in [0.29, 0.717) is 6.04 Å². The molecule has 0 bridgehead atoms. The van der Waals surface area contributed by atoms with Gasteiger partial charge >= 0.3 is 0 Å². The third-order valence-electron chi connectivity index (χ3n) is 4.78. The van der Waals surface area contributed by atoms with E-state index in [1.807, 2.05) is 0 Å². The quantitative estimate of drug-likeness (QED) is 0.756. The normalized spacial score (nSPS) is 19.8. The Bertz CT molecular complexity index is 454. The summed E-state index contributed by atoms with van der Waals surface area (Å²) in [6.07, 6.45) is 5.48. The third kappa shape index (κ3) is 4.72. The molecule has 116 valence electrons. The summed E-state index contributed by atoms with van der Waals surface area (Å²) in [5.41, 5.74) is 1.32. The second kappa shape index (κ2) is 6.80. The smallest absolute Gasteiger partial charge is 0.119 e. The predicted molar refractivity (Wildman–Crippen MR) is 86.6 cm³/mol. The van der Waals surface area contributed by atoms with Gasteiger partial charge in [-0.05, 0) is 63.3 Å². The molecule has 0 spiro atoms. The van der Waals surface area contributed by atoms with Crippen LogP contribution in [-0.4, -0.2) is 37.2 Å². The van der Waals surface area contributed by atoms with Gasteiger partial charge in [0.05, 0.1) is 0 Å². The summed E-state index contributed by atoms with van der Waals surface area (Å²) >= 11 is 0. The zero-order chi connectivity index (χ0) is 14.7. The number of benzene rings is 1. The van der Waals surface area contributed by atoms with Crippen molar-refractivity contribution in [2.45, 2.75) is 51.2 Å². The molecule has 2 aliphatic carbocycles. The van der Waals surface area contributed by atoms with Crippen LogP contribution in [0.2, 0.25) is 0 Å². The zero-order valence-corrected chi connectivity index (χ0v) is 13.3. The summed E-state index contributed by atoms with van der Waals surface area (Å²) in [7, 11) is 2.21. The molecule has 2 fully saturated rings.